The summed E-state index contributed by atoms with van der Waals surface area (Å²) >= 11 is 2.43. The summed E-state index contributed by atoms with van der Waals surface area (Å²) in [5, 5.41) is 0.765. The molecule has 2 aromatic heterocycles. The number of hydrogen-bond acceptors (Lipinski definition) is 6. The summed E-state index contributed by atoms with van der Waals surface area (Å²) in [6.45, 7) is 1.90. The number of nitrogens with one attached hydrogen (secondary N) is 1. The highest BCUT2D eigenvalue weighted by Crippen LogP contribution is 2.39. The second-order valence-corrected chi connectivity index (χ2v) is 9.35. The second-order valence-electron chi connectivity index (χ2n) is 5.08. The molecule has 2 heterocycles. The van der Waals surface area contributed by atoms with Gasteiger partial charge in [0.15, 0.2) is 0 Å². The maximum absolute atomic E-state index is 12.2. The van der Waals surface area contributed by atoms with E-state index in [-0.39, 0.29) is 5.54 Å². The van der Waals surface area contributed by atoms with E-state index in [4.69, 9.17) is 0 Å². The summed E-state index contributed by atoms with van der Waals surface area (Å²) in [7, 11) is -2.14. The van der Waals surface area contributed by atoms with Crippen molar-refractivity contribution in [3.63, 3.8) is 0 Å². The van der Waals surface area contributed by atoms with Crippen molar-refractivity contribution >= 4 is 48.1 Å². The largest absolute Gasteiger partial charge is 0.465 e. The first-order valence-corrected chi connectivity index (χ1v) is 9.10. The Morgan fingerprint density at radius 3 is 2.60 bits per heavy atom. The normalized spacial score (nSPS) is 17.3. The minimum atomic E-state index is -3.47. The lowest BCUT2D eigenvalue weighted by molar-refractivity contribution is 0.0606. The van der Waals surface area contributed by atoms with Gasteiger partial charge in [-0.2, -0.15) is 0 Å². The Morgan fingerprint density at radius 1 is 1.35 bits per heavy atom. The molecule has 0 aromatic carbocycles. The zero-order valence-corrected chi connectivity index (χ0v) is 13.4. The molecule has 1 aliphatic carbocycles. The molecule has 0 saturated heterocycles. The first-order chi connectivity index (χ1) is 9.33. The van der Waals surface area contributed by atoms with Crippen molar-refractivity contribution in [2.24, 2.45) is 0 Å². The van der Waals surface area contributed by atoms with Crippen molar-refractivity contribution in [1.82, 2.24) is 4.72 Å². The van der Waals surface area contributed by atoms with E-state index >= 15 is 0 Å². The van der Waals surface area contributed by atoms with Crippen molar-refractivity contribution < 1.29 is 17.9 Å². The quantitative estimate of drug-likeness (QED) is 0.874. The topological polar surface area (TPSA) is 72.5 Å². The first-order valence-electron chi connectivity index (χ1n) is 5.99. The zero-order chi connectivity index (χ0) is 14.5. The molecule has 1 fully saturated rings. The van der Waals surface area contributed by atoms with Gasteiger partial charge in [-0.05, 0) is 31.9 Å². The van der Waals surface area contributed by atoms with Crippen molar-refractivity contribution in [1.29, 1.82) is 0 Å². The van der Waals surface area contributed by atoms with Crippen LogP contribution >= 0.6 is 22.7 Å². The summed E-state index contributed by atoms with van der Waals surface area (Å²) in [6.07, 6.45) is 1.75. The lowest BCUT2D eigenvalue weighted by atomic mass is 10.4. The number of thiophene rings is 2. The van der Waals surface area contributed by atoms with Crippen molar-refractivity contribution in [2.45, 2.75) is 29.5 Å². The number of ether oxygens (including phenoxy) is 1. The van der Waals surface area contributed by atoms with E-state index < -0.39 is 16.0 Å². The molecule has 1 saturated carbocycles. The maximum Gasteiger partial charge on any atom is 0.348 e. The van der Waals surface area contributed by atoms with Crippen LogP contribution in [0.3, 0.4) is 0 Å². The Bertz CT molecular complexity index is 751. The molecule has 8 heteroatoms. The van der Waals surface area contributed by atoms with Crippen LogP contribution in [0.25, 0.3) is 9.40 Å². The van der Waals surface area contributed by atoms with E-state index in [1.807, 2.05) is 6.92 Å². The van der Waals surface area contributed by atoms with Crippen molar-refractivity contribution in [2.75, 3.05) is 7.11 Å². The Balaban J connectivity index is 1.93. The number of hydrogen-bond donors (Lipinski definition) is 1. The molecular formula is C12H13NO4S3. The molecule has 0 unspecified atom stereocenters. The van der Waals surface area contributed by atoms with Crippen LogP contribution in [0.2, 0.25) is 0 Å². The fourth-order valence-electron chi connectivity index (χ4n) is 1.81. The molecule has 20 heavy (non-hydrogen) atoms. The second kappa shape index (κ2) is 4.52. The Morgan fingerprint density at radius 2 is 2.05 bits per heavy atom. The summed E-state index contributed by atoms with van der Waals surface area (Å²) in [6, 6.07) is 3.28. The smallest absolute Gasteiger partial charge is 0.348 e. The molecular weight excluding hydrogens is 318 g/mol. The summed E-state index contributed by atoms with van der Waals surface area (Å²) in [5.41, 5.74) is -0.284. The molecule has 0 radical (unpaired) electrons. The molecule has 1 N–H and O–H groups in total. The third-order valence-electron chi connectivity index (χ3n) is 3.22. The number of carbonyl (C=O) groups is 1. The molecule has 0 spiro atoms. The van der Waals surface area contributed by atoms with Gasteiger partial charge in [0.2, 0.25) is 0 Å². The van der Waals surface area contributed by atoms with E-state index in [1.54, 1.807) is 12.1 Å². The highest BCUT2D eigenvalue weighted by Gasteiger charge is 2.41. The summed E-state index contributed by atoms with van der Waals surface area (Å²) in [4.78, 5) is 11.9. The molecule has 3 rings (SSSR count). The molecule has 108 valence electrons. The molecule has 0 aliphatic heterocycles. The van der Waals surface area contributed by atoms with Gasteiger partial charge >= 0.3 is 5.97 Å². The number of methoxy groups -OCH3 is 1. The lowest BCUT2D eigenvalue weighted by Gasteiger charge is -2.10. The monoisotopic (exact) mass is 331 g/mol. The Labute approximate surface area is 124 Å². The van der Waals surface area contributed by atoms with E-state index in [1.165, 1.54) is 29.8 Å². The predicted octanol–water partition coefficient (Wildman–Crippen LogP) is 2.58. The standard InChI is InChI=1S/C12H13NO4S3/c1-12(3-4-12)13-20(15,16)9-6-7-5-8(10(14)17-2)18-11(7)19-9/h5-6,13H,3-4H2,1-2H3. The zero-order valence-electron chi connectivity index (χ0n) is 10.9. The first kappa shape index (κ1) is 14.0. The summed E-state index contributed by atoms with van der Waals surface area (Å²) < 4.78 is 33.0. The van der Waals surface area contributed by atoms with Crippen molar-refractivity contribution in [3.05, 3.63) is 17.0 Å². The number of sulfonamides is 1. The van der Waals surface area contributed by atoms with Gasteiger partial charge in [0, 0.05) is 10.9 Å². The molecule has 2 aromatic rings. The number of rotatable bonds is 4. The van der Waals surface area contributed by atoms with Gasteiger partial charge < -0.3 is 4.74 Å². The number of carbonyl (C=O) groups excluding carboxylic acids is 1. The van der Waals surface area contributed by atoms with Crippen LogP contribution in [0.15, 0.2) is 16.3 Å². The van der Waals surface area contributed by atoms with Gasteiger partial charge in [-0.25, -0.2) is 17.9 Å². The molecule has 0 atom stereocenters. The number of fused-ring (bicyclic) bond motifs is 1. The average molecular weight is 331 g/mol. The van der Waals surface area contributed by atoms with E-state index in [2.05, 4.69) is 9.46 Å². The SMILES string of the molecule is COC(=O)c1cc2cc(S(=O)(=O)NC3(C)CC3)sc2s1. The molecule has 5 nitrogen and oxygen atoms in total. The Kier molecular flexibility index (Phi) is 3.16. The van der Waals surface area contributed by atoms with Gasteiger partial charge in [-0.15, -0.1) is 22.7 Å². The van der Waals surface area contributed by atoms with Crippen molar-refractivity contribution in [3.8, 4) is 0 Å². The van der Waals surface area contributed by atoms with Crippen LogP contribution in [0.5, 0.6) is 0 Å². The molecule has 0 bridgehead atoms. The van der Waals surface area contributed by atoms with Gasteiger partial charge in [-0.3, -0.25) is 0 Å². The molecule has 1 aliphatic rings. The van der Waals surface area contributed by atoms with Gasteiger partial charge in [0.1, 0.15) is 9.09 Å². The predicted molar refractivity (Wildman–Crippen MR) is 79.0 cm³/mol. The Hall–Kier alpha value is -0.960. The van der Waals surface area contributed by atoms with Gasteiger partial charge in [-0.1, -0.05) is 0 Å². The summed E-state index contributed by atoms with van der Waals surface area (Å²) in [5.74, 6) is -0.397. The van der Waals surface area contributed by atoms with E-state index in [9.17, 15) is 13.2 Å². The lowest BCUT2D eigenvalue weighted by Crippen LogP contribution is -2.33. The van der Waals surface area contributed by atoms with Crippen LogP contribution in [-0.4, -0.2) is 27.0 Å². The minimum absolute atomic E-state index is 0.284. The van der Waals surface area contributed by atoms with Crippen LogP contribution in [0.4, 0.5) is 0 Å². The average Bonchev–Trinajstić information content (AvgIpc) is 2.79. The minimum Gasteiger partial charge on any atom is -0.465 e. The van der Waals surface area contributed by atoms with Crippen LogP contribution in [0, 0.1) is 0 Å². The fourth-order valence-corrected chi connectivity index (χ4v) is 6.12. The van der Waals surface area contributed by atoms with Crippen LogP contribution in [-0.2, 0) is 14.8 Å². The maximum atomic E-state index is 12.2. The van der Waals surface area contributed by atoms with Gasteiger partial charge in [0.25, 0.3) is 10.0 Å². The van der Waals surface area contributed by atoms with Gasteiger partial charge in [0.05, 0.1) is 11.1 Å². The highest BCUT2D eigenvalue weighted by molar-refractivity contribution is 7.92. The van der Waals surface area contributed by atoms with Crippen LogP contribution < -0.4 is 4.72 Å². The third-order valence-corrected chi connectivity index (χ3v) is 7.71. The van der Waals surface area contributed by atoms with E-state index in [0.717, 1.165) is 22.2 Å². The van der Waals surface area contributed by atoms with E-state index in [0.29, 0.717) is 9.09 Å². The molecule has 0 amide bonds. The third kappa shape index (κ3) is 2.48. The number of esters is 1. The van der Waals surface area contributed by atoms with Crippen LogP contribution in [0.1, 0.15) is 29.4 Å². The fraction of sp³-hybridized carbons (Fsp3) is 0.417. The highest BCUT2D eigenvalue weighted by atomic mass is 32.2.